The van der Waals surface area contributed by atoms with E-state index in [1.54, 1.807) is 36.4 Å². The highest BCUT2D eigenvalue weighted by molar-refractivity contribution is 5.97. The van der Waals surface area contributed by atoms with E-state index in [1.165, 1.54) is 12.1 Å². The summed E-state index contributed by atoms with van der Waals surface area (Å²) in [5.74, 6) is -0.684. The van der Waals surface area contributed by atoms with Crippen LogP contribution in [-0.2, 0) is 16.1 Å². The van der Waals surface area contributed by atoms with Crippen LogP contribution in [0.4, 0.5) is 10.1 Å². The maximum Gasteiger partial charge on any atom is 0.251 e. The van der Waals surface area contributed by atoms with Gasteiger partial charge in [0, 0.05) is 31.0 Å². The van der Waals surface area contributed by atoms with Crippen molar-refractivity contribution in [1.29, 1.82) is 0 Å². The predicted octanol–water partition coefficient (Wildman–Crippen LogP) is 2.87. The third kappa shape index (κ3) is 6.52. The topological polar surface area (TPSA) is 93.5 Å². The van der Waals surface area contributed by atoms with Crippen LogP contribution in [-0.4, -0.2) is 31.1 Å². The van der Waals surface area contributed by atoms with Gasteiger partial charge in [-0.1, -0.05) is 12.1 Å². The molecule has 2 aromatic rings. The fourth-order valence-electron chi connectivity index (χ4n) is 3.11. The van der Waals surface area contributed by atoms with Crippen LogP contribution in [0.3, 0.4) is 0 Å². The second-order valence-electron chi connectivity index (χ2n) is 6.85. The summed E-state index contributed by atoms with van der Waals surface area (Å²) in [7, 11) is 0. The van der Waals surface area contributed by atoms with E-state index >= 15 is 0 Å². The third-order valence-corrected chi connectivity index (χ3v) is 4.86. The van der Waals surface area contributed by atoms with Gasteiger partial charge in [0.05, 0.1) is 6.04 Å². The first kappa shape index (κ1) is 22.8. The Hall–Kier alpha value is -2.48. The predicted molar refractivity (Wildman–Crippen MR) is 111 cm³/mol. The summed E-state index contributed by atoms with van der Waals surface area (Å²) in [6, 6.07) is 12.0. The molecule has 156 valence electrons. The first-order valence-electron chi connectivity index (χ1n) is 9.30. The number of benzene rings is 2. The molecular formula is C21H25ClFN3O3. The van der Waals surface area contributed by atoms with Crippen LogP contribution in [0.2, 0.25) is 0 Å². The van der Waals surface area contributed by atoms with Crippen molar-refractivity contribution in [2.45, 2.75) is 25.4 Å². The molecule has 8 heteroatoms. The number of anilines is 1. The highest BCUT2D eigenvalue weighted by Gasteiger charge is 2.26. The summed E-state index contributed by atoms with van der Waals surface area (Å²) >= 11 is 0. The summed E-state index contributed by atoms with van der Waals surface area (Å²) in [4.78, 5) is 24.6. The number of hydrogen-bond acceptors (Lipinski definition) is 4. The molecule has 1 heterocycles. The zero-order chi connectivity index (χ0) is 19.9. The minimum absolute atomic E-state index is 0. The Morgan fingerprint density at radius 2 is 1.69 bits per heavy atom. The monoisotopic (exact) mass is 421 g/mol. The average Bonchev–Trinajstić information content (AvgIpc) is 2.73. The number of ether oxygens (including phenoxy) is 1. The molecular weight excluding hydrogens is 397 g/mol. The fourth-order valence-corrected chi connectivity index (χ4v) is 3.11. The lowest BCUT2D eigenvalue weighted by Gasteiger charge is -2.26. The van der Waals surface area contributed by atoms with Gasteiger partial charge in [-0.25, -0.2) is 4.39 Å². The first-order chi connectivity index (χ1) is 13.5. The minimum atomic E-state index is -0.581. The number of carbonyl (C=O) groups is 2. The molecule has 0 spiro atoms. The lowest BCUT2D eigenvalue weighted by Crippen LogP contribution is -2.44. The van der Waals surface area contributed by atoms with Gasteiger partial charge < -0.3 is 21.1 Å². The largest absolute Gasteiger partial charge is 0.381 e. The van der Waals surface area contributed by atoms with Crippen molar-refractivity contribution >= 4 is 29.9 Å². The normalized spacial score (nSPS) is 15.1. The van der Waals surface area contributed by atoms with Gasteiger partial charge >= 0.3 is 0 Å². The first-order valence-corrected chi connectivity index (χ1v) is 9.30. The van der Waals surface area contributed by atoms with Crippen LogP contribution >= 0.6 is 12.4 Å². The van der Waals surface area contributed by atoms with E-state index < -0.39 is 6.04 Å². The van der Waals surface area contributed by atoms with Gasteiger partial charge in [-0.05, 0) is 60.7 Å². The van der Waals surface area contributed by atoms with Gasteiger partial charge in [-0.3, -0.25) is 9.59 Å². The lowest BCUT2D eigenvalue weighted by molar-refractivity contribution is -0.119. The van der Waals surface area contributed by atoms with Gasteiger partial charge in [-0.2, -0.15) is 0 Å². The summed E-state index contributed by atoms with van der Waals surface area (Å²) in [5.41, 5.74) is 7.93. The molecule has 6 nitrogen and oxygen atoms in total. The average molecular weight is 422 g/mol. The van der Waals surface area contributed by atoms with Crippen LogP contribution in [0.15, 0.2) is 48.5 Å². The quantitative estimate of drug-likeness (QED) is 0.668. The minimum Gasteiger partial charge on any atom is -0.381 e. The van der Waals surface area contributed by atoms with Gasteiger partial charge in [0.15, 0.2) is 0 Å². The molecule has 0 aliphatic carbocycles. The smallest absolute Gasteiger partial charge is 0.251 e. The molecule has 1 atom stereocenters. The fraction of sp³-hybridized carbons (Fsp3) is 0.333. The van der Waals surface area contributed by atoms with Crippen molar-refractivity contribution in [1.82, 2.24) is 5.32 Å². The van der Waals surface area contributed by atoms with Gasteiger partial charge in [0.25, 0.3) is 5.91 Å². The molecule has 1 aliphatic rings. The summed E-state index contributed by atoms with van der Waals surface area (Å²) in [5, 5.41) is 5.57. The second-order valence-corrected chi connectivity index (χ2v) is 6.85. The molecule has 1 aliphatic heterocycles. The van der Waals surface area contributed by atoms with Crippen molar-refractivity contribution in [3.8, 4) is 0 Å². The maximum atomic E-state index is 12.9. The molecule has 1 unspecified atom stereocenters. The Labute approximate surface area is 175 Å². The molecule has 3 rings (SSSR count). The van der Waals surface area contributed by atoms with Gasteiger partial charge in [-0.15, -0.1) is 12.4 Å². The zero-order valence-electron chi connectivity index (χ0n) is 15.9. The standard InChI is InChI=1S/C21H24FN3O3.ClH/c22-17-5-1-14(2-6-17)13-24-20(26)16-3-7-18(8-4-16)25-21(27)19(23)15-9-11-28-12-10-15;/h1-8,15,19H,9-13,23H2,(H,24,26)(H,25,27);1H. The molecule has 0 bridgehead atoms. The number of carbonyl (C=O) groups excluding carboxylic acids is 2. The Morgan fingerprint density at radius 1 is 1.07 bits per heavy atom. The van der Waals surface area contributed by atoms with Gasteiger partial charge in [0.2, 0.25) is 5.91 Å². The summed E-state index contributed by atoms with van der Waals surface area (Å²) in [6.45, 7) is 1.57. The van der Waals surface area contributed by atoms with E-state index in [4.69, 9.17) is 10.5 Å². The van der Waals surface area contributed by atoms with Crippen LogP contribution in [0.25, 0.3) is 0 Å². The molecule has 0 saturated carbocycles. The Morgan fingerprint density at radius 3 is 2.31 bits per heavy atom. The highest BCUT2D eigenvalue weighted by Crippen LogP contribution is 2.19. The molecule has 1 fully saturated rings. The van der Waals surface area contributed by atoms with Crippen molar-refractivity contribution in [3.63, 3.8) is 0 Å². The lowest BCUT2D eigenvalue weighted by atomic mass is 9.92. The molecule has 4 N–H and O–H groups in total. The SMILES string of the molecule is Cl.NC(C(=O)Nc1ccc(C(=O)NCc2ccc(F)cc2)cc1)C1CCOCC1. The number of hydrogen-bond donors (Lipinski definition) is 3. The number of halogens is 2. The molecule has 2 amide bonds. The number of nitrogens with two attached hydrogens (primary N) is 1. The summed E-state index contributed by atoms with van der Waals surface area (Å²) in [6.07, 6.45) is 1.56. The van der Waals surface area contributed by atoms with E-state index in [2.05, 4.69) is 10.6 Å². The van der Waals surface area contributed by atoms with E-state index in [9.17, 15) is 14.0 Å². The number of amides is 2. The van der Waals surface area contributed by atoms with Crippen LogP contribution in [0.1, 0.15) is 28.8 Å². The van der Waals surface area contributed by atoms with Crippen molar-refractivity contribution < 1.29 is 18.7 Å². The highest BCUT2D eigenvalue weighted by atomic mass is 35.5. The van der Waals surface area contributed by atoms with Crippen molar-refractivity contribution in [2.24, 2.45) is 11.7 Å². The maximum absolute atomic E-state index is 12.9. The third-order valence-electron chi connectivity index (χ3n) is 4.86. The molecule has 29 heavy (non-hydrogen) atoms. The van der Waals surface area contributed by atoms with Crippen LogP contribution in [0.5, 0.6) is 0 Å². The van der Waals surface area contributed by atoms with Crippen LogP contribution < -0.4 is 16.4 Å². The Balaban J connectivity index is 0.00000300. The van der Waals surface area contributed by atoms with Gasteiger partial charge in [0.1, 0.15) is 5.82 Å². The Bertz CT molecular complexity index is 809. The van der Waals surface area contributed by atoms with E-state index in [1.807, 2.05) is 0 Å². The number of nitrogens with one attached hydrogen (secondary N) is 2. The molecule has 0 aromatic heterocycles. The van der Waals surface area contributed by atoms with Crippen molar-refractivity contribution in [3.05, 3.63) is 65.5 Å². The zero-order valence-corrected chi connectivity index (χ0v) is 16.7. The summed E-state index contributed by atoms with van der Waals surface area (Å²) < 4.78 is 18.2. The van der Waals surface area contributed by atoms with E-state index in [0.717, 1.165) is 18.4 Å². The van der Waals surface area contributed by atoms with Crippen LogP contribution in [0, 0.1) is 11.7 Å². The van der Waals surface area contributed by atoms with E-state index in [0.29, 0.717) is 31.0 Å². The molecule has 2 aromatic carbocycles. The molecule has 0 radical (unpaired) electrons. The Kier molecular flexibility index (Phi) is 8.57. The molecule has 1 saturated heterocycles. The van der Waals surface area contributed by atoms with E-state index in [-0.39, 0.29) is 36.0 Å². The second kappa shape index (κ2) is 10.9. The van der Waals surface area contributed by atoms with Crippen molar-refractivity contribution in [2.75, 3.05) is 18.5 Å². The number of rotatable bonds is 6.